The van der Waals surface area contributed by atoms with Crippen molar-refractivity contribution in [3.8, 4) is 0 Å². The summed E-state index contributed by atoms with van der Waals surface area (Å²) in [6, 6.07) is 0.666. The lowest BCUT2D eigenvalue weighted by Gasteiger charge is -2.28. The number of piperidine rings is 1. The molecule has 15 heavy (non-hydrogen) atoms. The van der Waals surface area contributed by atoms with Gasteiger partial charge in [-0.15, -0.1) is 0 Å². The second-order valence-electron chi connectivity index (χ2n) is 5.03. The van der Waals surface area contributed by atoms with Crippen LogP contribution < -0.4 is 5.32 Å². The molecule has 1 N–H and O–H groups in total. The highest BCUT2D eigenvalue weighted by Crippen LogP contribution is 2.08. The van der Waals surface area contributed by atoms with Crippen molar-refractivity contribution in [1.29, 1.82) is 0 Å². The summed E-state index contributed by atoms with van der Waals surface area (Å²) in [6.07, 6.45) is 5.52. The zero-order chi connectivity index (χ0) is 11.1. The fourth-order valence-corrected chi connectivity index (χ4v) is 2.19. The summed E-state index contributed by atoms with van der Waals surface area (Å²) < 4.78 is 0. The molecule has 0 radical (unpaired) electrons. The topological polar surface area (TPSA) is 15.3 Å². The zero-order valence-electron chi connectivity index (χ0n) is 10.8. The Morgan fingerprint density at radius 2 is 1.80 bits per heavy atom. The minimum atomic E-state index is 0.666. The van der Waals surface area contributed by atoms with Crippen molar-refractivity contribution >= 4 is 0 Å². The molecule has 1 fully saturated rings. The highest BCUT2D eigenvalue weighted by Gasteiger charge is 2.11. The number of hydrogen-bond acceptors (Lipinski definition) is 2. The normalized spacial score (nSPS) is 22.6. The molecule has 1 rings (SSSR count). The second kappa shape index (κ2) is 7.24. The third-order valence-corrected chi connectivity index (χ3v) is 3.84. The van der Waals surface area contributed by atoms with Crippen LogP contribution in [0.3, 0.4) is 0 Å². The fourth-order valence-electron chi connectivity index (χ4n) is 2.19. The first kappa shape index (κ1) is 13.0. The summed E-state index contributed by atoms with van der Waals surface area (Å²) in [6.45, 7) is 11.9. The molecule has 90 valence electrons. The van der Waals surface area contributed by atoms with E-state index in [1.54, 1.807) is 0 Å². The Bertz CT molecular complexity index is 151. The van der Waals surface area contributed by atoms with E-state index in [2.05, 4.69) is 31.0 Å². The third kappa shape index (κ3) is 4.98. The Morgan fingerprint density at radius 3 is 2.40 bits per heavy atom. The molecule has 2 atom stereocenters. The molecule has 1 saturated heterocycles. The van der Waals surface area contributed by atoms with Crippen LogP contribution in [0.25, 0.3) is 0 Å². The van der Waals surface area contributed by atoms with Gasteiger partial charge in [0, 0.05) is 19.1 Å². The van der Waals surface area contributed by atoms with Gasteiger partial charge in [0.1, 0.15) is 0 Å². The molecule has 0 spiro atoms. The van der Waals surface area contributed by atoms with Crippen molar-refractivity contribution in [3.05, 3.63) is 0 Å². The molecule has 0 aliphatic carbocycles. The lowest BCUT2D eigenvalue weighted by molar-refractivity contribution is 0.223. The first-order chi connectivity index (χ1) is 7.24. The van der Waals surface area contributed by atoms with E-state index < -0.39 is 0 Å². The van der Waals surface area contributed by atoms with E-state index in [1.807, 2.05) is 0 Å². The Kier molecular flexibility index (Phi) is 6.26. The molecule has 0 aromatic rings. The van der Waals surface area contributed by atoms with E-state index in [0.29, 0.717) is 6.04 Å². The van der Waals surface area contributed by atoms with Crippen molar-refractivity contribution in [2.75, 3.05) is 26.2 Å². The molecule has 0 aromatic carbocycles. The number of hydrogen-bond donors (Lipinski definition) is 1. The van der Waals surface area contributed by atoms with E-state index in [0.717, 1.165) is 12.5 Å². The maximum absolute atomic E-state index is 3.64. The summed E-state index contributed by atoms with van der Waals surface area (Å²) in [5.74, 6) is 0.798. The lowest BCUT2D eigenvalue weighted by Crippen LogP contribution is -2.40. The average Bonchev–Trinajstić information content (AvgIpc) is 2.29. The molecule has 0 bridgehead atoms. The monoisotopic (exact) mass is 212 g/mol. The largest absolute Gasteiger partial charge is 0.313 e. The van der Waals surface area contributed by atoms with Crippen molar-refractivity contribution in [2.45, 2.75) is 52.5 Å². The minimum Gasteiger partial charge on any atom is -0.313 e. The Labute approximate surface area is 95.4 Å². The van der Waals surface area contributed by atoms with Gasteiger partial charge in [0.25, 0.3) is 0 Å². The average molecular weight is 212 g/mol. The Morgan fingerprint density at radius 1 is 1.13 bits per heavy atom. The van der Waals surface area contributed by atoms with Gasteiger partial charge >= 0.3 is 0 Å². The minimum absolute atomic E-state index is 0.666. The summed E-state index contributed by atoms with van der Waals surface area (Å²) in [4.78, 5) is 2.60. The van der Waals surface area contributed by atoms with Crippen molar-refractivity contribution in [3.63, 3.8) is 0 Å². The standard InChI is InChI=1S/C13H28N2/c1-4-12(2)13(3)14-8-11-15-9-6-5-7-10-15/h12-14H,4-11H2,1-3H3/t12-,13+/m1/s1. The molecule has 0 saturated carbocycles. The van der Waals surface area contributed by atoms with Gasteiger partial charge in [0.05, 0.1) is 0 Å². The van der Waals surface area contributed by atoms with Crippen LogP contribution in [0.1, 0.15) is 46.5 Å². The van der Waals surface area contributed by atoms with Gasteiger partial charge in [-0.3, -0.25) is 0 Å². The van der Waals surface area contributed by atoms with Crippen LogP contribution >= 0.6 is 0 Å². The maximum Gasteiger partial charge on any atom is 0.0107 e. The van der Waals surface area contributed by atoms with E-state index in [9.17, 15) is 0 Å². The smallest absolute Gasteiger partial charge is 0.0107 e. The second-order valence-corrected chi connectivity index (χ2v) is 5.03. The number of rotatable bonds is 6. The summed E-state index contributed by atoms with van der Waals surface area (Å²) in [7, 11) is 0. The lowest BCUT2D eigenvalue weighted by atomic mass is 10.0. The van der Waals surface area contributed by atoms with Gasteiger partial charge in [-0.05, 0) is 38.8 Å². The molecule has 2 heteroatoms. The van der Waals surface area contributed by atoms with Crippen LogP contribution in [0.5, 0.6) is 0 Å². The van der Waals surface area contributed by atoms with Crippen LogP contribution in [-0.2, 0) is 0 Å². The van der Waals surface area contributed by atoms with E-state index in [4.69, 9.17) is 0 Å². The van der Waals surface area contributed by atoms with Crippen molar-refractivity contribution < 1.29 is 0 Å². The number of nitrogens with one attached hydrogen (secondary N) is 1. The van der Waals surface area contributed by atoms with E-state index >= 15 is 0 Å². The number of nitrogens with zero attached hydrogens (tertiary/aromatic N) is 1. The molecule has 0 aromatic heterocycles. The molecule has 1 heterocycles. The summed E-state index contributed by atoms with van der Waals surface area (Å²) >= 11 is 0. The van der Waals surface area contributed by atoms with Crippen molar-refractivity contribution in [2.24, 2.45) is 5.92 Å². The van der Waals surface area contributed by atoms with Crippen LogP contribution in [0.4, 0.5) is 0 Å². The van der Waals surface area contributed by atoms with Gasteiger partial charge in [0.2, 0.25) is 0 Å². The van der Waals surface area contributed by atoms with Gasteiger partial charge in [0.15, 0.2) is 0 Å². The molecule has 1 aliphatic rings. The third-order valence-electron chi connectivity index (χ3n) is 3.84. The Balaban J connectivity index is 2.04. The molecule has 1 aliphatic heterocycles. The predicted octanol–water partition coefficient (Wildman–Crippen LogP) is 2.50. The summed E-state index contributed by atoms with van der Waals surface area (Å²) in [5.41, 5.74) is 0. The van der Waals surface area contributed by atoms with Gasteiger partial charge < -0.3 is 10.2 Å². The quantitative estimate of drug-likeness (QED) is 0.728. The SMILES string of the molecule is CC[C@@H](C)[C@H](C)NCCN1CCCCC1. The highest BCUT2D eigenvalue weighted by molar-refractivity contribution is 4.70. The molecule has 2 nitrogen and oxygen atoms in total. The molecule has 0 amide bonds. The summed E-state index contributed by atoms with van der Waals surface area (Å²) in [5, 5.41) is 3.64. The van der Waals surface area contributed by atoms with Crippen molar-refractivity contribution in [1.82, 2.24) is 10.2 Å². The Hall–Kier alpha value is -0.0800. The van der Waals surface area contributed by atoms with Gasteiger partial charge in [-0.2, -0.15) is 0 Å². The maximum atomic E-state index is 3.64. The van der Waals surface area contributed by atoms with E-state index in [-0.39, 0.29) is 0 Å². The van der Waals surface area contributed by atoms with Gasteiger partial charge in [-0.1, -0.05) is 26.7 Å². The first-order valence-corrected chi connectivity index (χ1v) is 6.69. The van der Waals surface area contributed by atoms with Crippen LogP contribution in [-0.4, -0.2) is 37.1 Å². The molecule has 0 unspecified atom stereocenters. The first-order valence-electron chi connectivity index (χ1n) is 6.69. The fraction of sp³-hybridized carbons (Fsp3) is 1.00. The molecular formula is C13H28N2. The number of likely N-dealkylation sites (tertiary alicyclic amines) is 1. The predicted molar refractivity (Wildman–Crippen MR) is 67.2 cm³/mol. The highest BCUT2D eigenvalue weighted by atomic mass is 15.1. The molecular weight excluding hydrogens is 184 g/mol. The van der Waals surface area contributed by atoms with Crippen LogP contribution in [0.2, 0.25) is 0 Å². The van der Waals surface area contributed by atoms with Crippen LogP contribution in [0, 0.1) is 5.92 Å². The van der Waals surface area contributed by atoms with Gasteiger partial charge in [-0.25, -0.2) is 0 Å². The zero-order valence-corrected chi connectivity index (χ0v) is 10.8. The van der Waals surface area contributed by atoms with Crippen LogP contribution in [0.15, 0.2) is 0 Å². The van der Waals surface area contributed by atoms with E-state index in [1.165, 1.54) is 45.3 Å².